The molecule has 5 heteroatoms. The fourth-order valence-electron chi connectivity index (χ4n) is 4.49. The molecule has 3 rings (SSSR count). The molecule has 3 amide bonds. The van der Waals surface area contributed by atoms with E-state index in [1.165, 1.54) is 11.1 Å². The van der Waals surface area contributed by atoms with E-state index in [2.05, 4.69) is 24.3 Å². The molecule has 5 nitrogen and oxygen atoms in total. The molecule has 1 unspecified atom stereocenters. The van der Waals surface area contributed by atoms with Gasteiger partial charge in [0.15, 0.2) is 0 Å². The molecule has 1 aliphatic carbocycles. The molecule has 1 aliphatic heterocycles. The van der Waals surface area contributed by atoms with Crippen LogP contribution in [0, 0.1) is 0 Å². The van der Waals surface area contributed by atoms with Crippen molar-refractivity contribution >= 4 is 11.9 Å². The molecule has 1 heterocycles. The van der Waals surface area contributed by atoms with Gasteiger partial charge in [0.25, 0.3) is 0 Å². The number of fused-ring (bicyclic) bond motifs is 2. The Labute approximate surface area is 150 Å². The molecule has 136 valence electrons. The zero-order chi connectivity index (χ0) is 18.2. The van der Waals surface area contributed by atoms with E-state index in [1.54, 1.807) is 23.9 Å². The van der Waals surface area contributed by atoms with Crippen molar-refractivity contribution in [2.24, 2.45) is 0 Å². The summed E-state index contributed by atoms with van der Waals surface area (Å²) >= 11 is 0. The van der Waals surface area contributed by atoms with Crippen LogP contribution < -0.4 is 0 Å². The highest BCUT2D eigenvalue weighted by atomic mass is 16.2. The molecule has 1 aromatic carbocycles. The summed E-state index contributed by atoms with van der Waals surface area (Å²) in [6.45, 7) is 1.58. The van der Waals surface area contributed by atoms with Crippen molar-refractivity contribution in [2.45, 2.75) is 37.0 Å². The van der Waals surface area contributed by atoms with E-state index in [-0.39, 0.29) is 17.4 Å². The minimum Gasteiger partial charge on any atom is -0.349 e. The Hall–Kier alpha value is -2.04. The first-order valence-corrected chi connectivity index (χ1v) is 9.10. The zero-order valence-corrected chi connectivity index (χ0v) is 15.8. The average Bonchev–Trinajstić information content (AvgIpc) is 2.89. The third-order valence-corrected chi connectivity index (χ3v) is 5.90. The Morgan fingerprint density at radius 3 is 2.32 bits per heavy atom. The van der Waals surface area contributed by atoms with Gasteiger partial charge in [0.05, 0.1) is 0 Å². The van der Waals surface area contributed by atoms with Crippen LogP contribution in [-0.2, 0) is 10.2 Å². The van der Waals surface area contributed by atoms with Crippen LogP contribution >= 0.6 is 0 Å². The van der Waals surface area contributed by atoms with Crippen molar-refractivity contribution in [3.05, 3.63) is 35.4 Å². The molecule has 0 radical (unpaired) electrons. The fourth-order valence-corrected chi connectivity index (χ4v) is 4.49. The lowest BCUT2D eigenvalue weighted by Gasteiger charge is -2.41. The van der Waals surface area contributed by atoms with E-state index in [0.29, 0.717) is 12.3 Å². The molecule has 2 aliphatic rings. The lowest BCUT2D eigenvalue weighted by Crippen LogP contribution is -2.47. The molecule has 1 saturated heterocycles. The molecule has 1 spiro atoms. The number of carbonyl (C=O) groups is 2. The predicted octanol–water partition coefficient (Wildman–Crippen LogP) is 2.67. The molecule has 1 aromatic rings. The van der Waals surface area contributed by atoms with Crippen LogP contribution in [0.1, 0.15) is 42.7 Å². The van der Waals surface area contributed by atoms with Crippen molar-refractivity contribution in [1.29, 1.82) is 0 Å². The largest absolute Gasteiger partial charge is 0.349 e. The van der Waals surface area contributed by atoms with Crippen LogP contribution in [0.5, 0.6) is 0 Å². The highest BCUT2D eigenvalue weighted by Crippen LogP contribution is 2.52. The van der Waals surface area contributed by atoms with Crippen LogP contribution in [0.15, 0.2) is 24.3 Å². The summed E-state index contributed by atoms with van der Waals surface area (Å²) < 4.78 is 0. The number of piperidine rings is 1. The first kappa shape index (κ1) is 17.8. The number of urea groups is 1. The van der Waals surface area contributed by atoms with E-state index in [4.69, 9.17) is 0 Å². The van der Waals surface area contributed by atoms with Gasteiger partial charge in [0, 0.05) is 47.7 Å². The van der Waals surface area contributed by atoms with Gasteiger partial charge in [-0.15, -0.1) is 0 Å². The van der Waals surface area contributed by atoms with Crippen LogP contribution in [0.3, 0.4) is 0 Å². The Bertz CT molecular complexity index is 661. The minimum absolute atomic E-state index is 0.0977. The first-order valence-electron chi connectivity index (χ1n) is 9.10. The van der Waals surface area contributed by atoms with E-state index in [0.717, 1.165) is 32.4 Å². The van der Waals surface area contributed by atoms with Crippen LogP contribution in [-0.4, -0.2) is 67.9 Å². The van der Waals surface area contributed by atoms with Crippen molar-refractivity contribution in [3.63, 3.8) is 0 Å². The van der Waals surface area contributed by atoms with Gasteiger partial charge >= 0.3 is 6.03 Å². The van der Waals surface area contributed by atoms with Gasteiger partial charge in [0.1, 0.15) is 0 Å². The van der Waals surface area contributed by atoms with Crippen molar-refractivity contribution in [2.75, 3.05) is 41.3 Å². The molecule has 0 aromatic heterocycles. The van der Waals surface area contributed by atoms with Gasteiger partial charge in [0.2, 0.25) is 5.91 Å². The number of carbonyl (C=O) groups excluding carboxylic acids is 2. The summed E-state index contributed by atoms with van der Waals surface area (Å²) in [4.78, 5) is 29.8. The quantitative estimate of drug-likeness (QED) is 0.829. The normalized spacial score (nSPS) is 21.1. The summed E-state index contributed by atoms with van der Waals surface area (Å²) in [6, 6.07) is 8.71. The molecule has 1 atom stereocenters. The lowest BCUT2D eigenvalue weighted by molar-refractivity contribution is -0.129. The topological polar surface area (TPSA) is 43.9 Å². The van der Waals surface area contributed by atoms with Gasteiger partial charge in [-0.3, -0.25) is 4.79 Å². The highest BCUT2D eigenvalue weighted by molar-refractivity contribution is 5.77. The van der Waals surface area contributed by atoms with Gasteiger partial charge in [-0.25, -0.2) is 4.79 Å². The molecule has 1 fully saturated rings. The van der Waals surface area contributed by atoms with Gasteiger partial charge in [-0.2, -0.15) is 0 Å². The number of amides is 3. The number of hydrogen-bond acceptors (Lipinski definition) is 2. The fraction of sp³-hybridized carbons (Fsp3) is 0.600. The van der Waals surface area contributed by atoms with E-state index in [1.807, 2.05) is 19.0 Å². The van der Waals surface area contributed by atoms with Crippen LogP contribution in [0.2, 0.25) is 0 Å². The summed E-state index contributed by atoms with van der Waals surface area (Å²) in [5.41, 5.74) is 2.87. The summed E-state index contributed by atoms with van der Waals surface area (Å²) in [7, 11) is 7.26. The second-order valence-corrected chi connectivity index (χ2v) is 7.92. The molecule has 25 heavy (non-hydrogen) atoms. The Morgan fingerprint density at radius 2 is 1.72 bits per heavy atom. The van der Waals surface area contributed by atoms with Gasteiger partial charge in [-0.1, -0.05) is 24.3 Å². The number of rotatable bonds is 2. The second-order valence-electron chi connectivity index (χ2n) is 7.92. The predicted molar refractivity (Wildman–Crippen MR) is 98.7 cm³/mol. The number of benzene rings is 1. The summed E-state index contributed by atoms with van der Waals surface area (Å²) in [5, 5.41) is 0. The van der Waals surface area contributed by atoms with Crippen LogP contribution in [0.25, 0.3) is 0 Å². The second kappa shape index (κ2) is 6.70. The standard InChI is InChI=1S/C20H29N3O2/c1-21(2)18(24)13-15-14-20(17-8-6-5-7-16(15)17)9-11-23(12-10-20)19(25)22(3)4/h5-8,15H,9-14H2,1-4H3. The maximum atomic E-state index is 12.3. The first-order chi connectivity index (χ1) is 11.8. The van der Waals surface area contributed by atoms with Gasteiger partial charge in [-0.05, 0) is 41.7 Å². The average molecular weight is 343 g/mol. The van der Waals surface area contributed by atoms with Crippen LogP contribution in [0.4, 0.5) is 4.79 Å². The minimum atomic E-state index is 0.0977. The zero-order valence-electron chi connectivity index (χ0n) is 15.8. The Kier molecular flexibility index (Phi) is 4.76. The number of hydrogen-bond donors (Lipinski definition) is 0. The molecule has 0 bridgehead atoms. The number of nitrogens with zero attached hydrogens (tertiary/aromatic N) is 3. The molecule has 0 N–H and O–H groups in total. The monoisotopic (exact) mass is 343 g/mol. The maximum Gasteiger partial charge on any atom is 0.319 e. The lowest BCUT2D eigenvalue weighted by atomic mass is 9.73. The van der Waals surface area contributed by atoms with E-state index in [9.17, 15) is 9.59 Å². The molecule has 0 saturated carbocycles. The van der Waals surface area contributed by atoms with Gasteiger partial charge < -0.3 is 14.7 Å². The summed E-state index contributed by atoms with van der Waals surface area (Å²) in [6.07, 6.45) is 3.56. The Balaban J connectivity index is 1.80. The van der Waals surface area contributed by atoms with Crippen molar-refractivity contribution < 1.29 is 9.59 Å². The molecular formula is C20H29N3O2. The summed E-state index contributed by atoms with van der Waals surface area (Å²) in [5.74, 6) is 0.485. The smallest absolute Gasteiger partial charge is 0.319 e. The van der Waals surface area contributed by atoms with Crippen molar-refractivity contribution in [1.82, 2.24) is 14.7 Å². The number of likely N-dealkylation sites (tertiary alicyclic amines) is 1. The highest BCUT2D eigenvalue weighted by Gasteiger charge is 2.46. The van der Waals surface area contributed by atoms with E-state index < -0.39 is 0 Å². The Morgan fingerprint density at radius 1 is 1.08 bits per heavy atom. The van der Waals surface area contributed by atoms with Crippen molar-refractivity contribution in [3.8, 4) is 0 Å². The maximum absolute atomic E-state index is 12.3. The third kappa shape index (κ3) is 3.24. The SMILES string of the molecule is CN(C)C(=O)CC1CC2(CCN(C(=O)N(C)C)CC2)c2ccccc21. The third-order valence-electron chi connectivity index (χ3n) is 5.90. The molecular weight excluding hydrogens is 314 g/mol. The van der Waals surface area contributed by atoms with E-state index >= 15 is 0 Å².